The molecule has 3 heteroatoms. The van der Waals surface area contributed by atoms with Crippen LogP contribution in [-0.2, 0) is 6.54 Å². The van der Waals surface area contributed by atoms with Crippen LogP contribution in [0.3, 0.4) is 0 Å². The second-order valence-corrected chi connectivity index (χ2v) is 6.03. The third kappa shape index (κ3) is 2.27. The van der Waals surface area contributed by atoms with E-state index in [1.807, 2.05) is 6.20 Å². The van der Waals surface area contributed by atoms with Crippen LogP contribution in [-0.4, -0.2) is 9.55 Å². The number of rotatable bonds is 4. The molecule has 0 atom stereocenters. The first-order valence-electron chi connectivity index (χ1n) is 7.08. The van der Waals surface area contributed by atoms with Crippen molar-refractivity contribution in [3.8, 4) is 11.3 Å². The molecule has 1 aromatic carbocycles. The second-order valence-electron chi connectivity index (χ2n) is 5.64. The van der Waals surface area contributed by atoms with E-state index < -0.39 is 0 Å². The topological polar surface area (TPSA) is 20.7 Å². The van der Waals surface area contributed by atoms with Gasteiger partial charge in [-0.05, 0) is 42.5 Å². The Morgan fingerprint density at radius 1 is 1.26 bits per heavy atom. The van der Waals surface area contributed by atoms with Gasteiger partial charge in [0.1, 0.15) is 0 Å². The van der Waals surface area contributed by atoms with Gasteiger partial charge in [0.15, 0.2) is 4.77 Å². The minimum absolute atomic E-state index is 0.476. The molecule has 1 aromatic heterocycles. The highest BCUT2D eigenvalue weighted by Crippen LogP contribution is 2.45. The van der Waals surface area contributed by atoms with Gasteiger partial charge < -0.3 is 9.55 Å². The summed E-state index contributed by atoms with van der Waals surface area (Å²) in [6.07, 6.45) is 7.33. The Hall–Kier alpha value is -1.35. The van der Waals surface area contributed by atoms with E-state index in [0.717, 1.165) is 11.3 Å². The summed E-state index contributed by atoms with van der Waals surface area (Å²) >= 11 is 5.47. The van der Waals surface area contributed by atoms with E-state index >= 15 is 0 Å². The van der Waals surface area contributed by atoms with Gasteiger partial charge in [0, 0.05) is 12.7 Å². The third-order valence-electron chi connectivity index (χ3n) is 4.60. The maximum Gasteiger partial charge on any atom is 0.177 e. The van der Waals surface area contributed by atoms with Crippen molar-refractivity contribution < 1.29 is 0 Å². The molecule has 0 radical (unpaired) electrons. The SMILES string of the molecule is CCC1(Cn2c(-c3ccccc3)c[nH]c2=S)CCC1. The Kier molecular flexibility index (Phi) is 3.31. The summed E-state index contributed by atoms with van der Waals surface area (Å²) in [5.41, 5.74) is 2.93. The maximum atomic E-state index is 5.47. The average molecular weight is 272 g/mol. The van der Waals surface area contributed by atoms with E-state index in [4.69, 9.17) is 12.2 Å². The molecule has 1 N–H and O–H groups in total. The lowest BCUT2D eigenvalue weighted by molar-refractivity contribution is 0.100. The minimum Gasteiger partial charge on any atom is -0.337 e. The monoisotopic (exact) mass is 272 g/mol. The van der Waals surface area contributed by atoms with Gasteiger partial charge in [0.25, 0.3) is 0 Å². The zero-order valence-electron chi connectivity index (χ0n) is 11.4. The number of hydrogen-bond acceptors (Lipinski definition) is 1. The number of H-pyrrole nitrogens is 1. The Balaban J connectivity index is 1.98. The quantitative estimate of drug-likeness (QED) is 0.793. The summed E-state index contributed by atoms with van der Waals surface area (Å²) in [7, 11) is 0. The van der Waals surface area contributed by atoms with Crippen molar-refractivity contribution in [3.05, 3.63) is 41.3 Å². The molecule has 1 fully saturated rings. The van der Waals surface area contributed by atoms with E-state index in [-0.39, 0.29) is 0 Å². The van der Waals surface area contributed by atoms with Crippen LogP contribution in [0.2, 0.25) is 0 Å². The fraction of sp³-hybridized carbons (Fsp3) is 0.438. The molecular weight excluding hydrogens is 252 g/mol. The number of nitrogens with one attached hydrogen (secondary N) is 1. The van der Waals surface area contributed by atoms with Crippen molar-refractivity contribution in [1.29, 1.82) is 0 Å². The van der Waals surface area contributed by atoms with Crippen LogP contribution in [0.4, 0.5) is 0 Å². The normalized spacial score (nSPS) is 17.1. The second kappa shape index (κ2) is 4.97. The fourth-order valence-electron chi connectivity index (χ4n) is 3.04. The number of imidazole rings is 1. The zero-order valence-corrected chi connectivity index (χ0v) is 12.2. The molecule has 3 rings (SSSR count). The molecule has 1 saturated carbocycles. The van der Waals surface area contributed by atoms with E-state index in [9.17, 15) is 0 Å². The van der Waals surface area contributed by atoms with Crippen molar-refractivity contribution in [2.75, 3.05) is 0 Å². The number of aromatic nitrogens is 2. The van der Waals surface area contributed by atoms with E-state index in [0.29, 0.717) is 5.41 Å². The van der Waals surface area contributed by atoms with E-state index in [1.54, 1.807) is 0 Å². The highest BCUT2D eigenvalue weighted by atomic mass is 32.1. The van der Waals surface area contributed by atoms with Gasteiger partial charge in [0.05, 0.1) is 5.69 Å². The molecule has 2 nitrogen and oxygen atoms in total. The van der Waals surface area contributed by atoms with Gasteiger partial charge >= 0.3 is 0 Å². The Bertz CT molecular complexity index is 600. The lowest BCUT2D eigenvalue weighted by Gasteiger charge is -2.41. The predicted octanol–water partition coefficient (Wildman–Crippen LogP) is 4.79. The van der Waals surface area contributed by atoms with E-state index in [2.05, 4.69) is 46.8 Å². The van der Waals surface area contributed by atoms with Crippen LogP contribution in [0.15, 0.2) is 36.5 Å². The lowest BCUT2D eigenvalue weighted by Crippen LogP contribution is -2.33. The smallest absolute Gasteiger partial charge is 0.177 e. The molecule has 0 saturated heterocycles. The van der Waals surface area contributed by atoms with Crippen molar-refractivity contribution in [2.45, 2.75) is 39.2 Å². The molecule has 1 aliphatic carbocycles. The van der Waals surface area contributed by atoms with Crippen LogP contribution < -0.4 is 0 Å². The van der Waals surface area contributed by atoms with Gasteiger partial charge in [-0.3, -0.25) is 0 Å². The molecule has 19 heavy (non-hydrogen) atoms. The van der Waals surface area contributed by atoms with Crippen LogP contribution in [0.5, 0.6) is 0 Å². The van der Waals surface area contributed by atoms with Crippen LogP contribution in [0, 0.1) is 10.2 Å². The summed E-state index contributed by atoms with van der Waals surface area (Å²) in [6, 6.07) is 10.5. The zero-order chi connectivity index (χ0) is 13.3. The molecule has 2 aromatic rings. The maximum absolute atomic E-state index is 5.47. The van der Waals surface area contributed by atoms with Crippen molar-refractivity contribution >= 4 is 12.2 Å². The first-order valence-corrected chi connectivity index (χ1v) is 7.49. The standard InChI is InChI=1S/C16H20N2S/c1-2-16(9-6-10-16)12-18-14(11-17-15(18)19)13-7-4-3-5-8-13/h3-5,7-8,11H,2,6,9-10,12H2,1H3,(H,17,19). The van der Waals surface area contributed by atoms with Crippen molar-refractivity contribution in [1.82, 2.24) is 9.55 Å². The minimum atomic E-state index is 0.476. The summed E-state index contributed by atoms with van der Waals surface area (Å²) in [6.45, 7) is 3.35. The Morgan fingerprint density at radius 3 is 2.58 bits per heavy atom. The highest BCUT2D eigenvalue weighted by molar-refractivity contribution is 7.71. The Morgan fingerprint density at radius 2 is 2.00 bits per heavy atom. The molecule has 0 bridgehead atoms. The molecule has 100 valence electrons. The number of aromatic amines is 1. The van der Waals surface area contributed by atoms with Gasteiger partial charge in [-0.2, -0.15) is 0 Å². The molecule has 0 spiro atoms. The van der Waals surface area contributed by atoms with Gasteiger partial charge in [0.2, 0.25) is 0 Å². The molecule has 0 amide bonds. The number of benzene rings is 1. The summed E-state index contributed by atoms with van der Waals surface area (Å²) in [5, 5.41) is 0. The number of nitrogens with zero attached hydrogens (tertiary/aromatic N) is 1. The molecule has 0 unspecified atom stereocenters. The van der Waals surface area contributed by atoms with Gasteiger partial charge in [-0.25, -0.2) is 0 Å². The van der Waals surface area contributed by atoms with Gasteiger partial charge in [-0.1, -0.05) is 43.7 Å². The molecular formula is C16H20N2S. The third-order valence-corrected chi connectivity index (χ3v) is 4.93. The summed E-state index contributed by atoms with van der Waals surface area (Å²) in [5.74, 6) is 0. The fourth-order valence-corrected chi connectivity index (χ4v) is 3.26. The number of hydrogen-bond donors (Lipinski definition) is 1. The lowest BCUT2D eigenvalue weighted by atomic mass is 9.67. The first-order chi connectivity index (χ1) is 9.24. The van der Waals surface area contributed by atoms with Crippen LogP contribution >= 0.6 is 12.2 Å². The molecule has 1 heterocycles. The van der Waals surface area contributed by atoms with Crippen molar-refractivity contribution in [2.24, 2.45) is 5.41 Å². The summed E-state index contributed by atoms with van der Waals surface area (Å²) in [4.78, 5) is 3.21. The first kappa shape index (κ1) is 12.7. The summed E-state index contributed by atoms with van der Waals surface area (Å²) < 4.78 is 3.13. The van der Waals surface area contributed by atoms with Crippen LogP contribution in [0.25, 0.3) is 11.3 Å². The van der Waals surface area contributed by atoms with Gasteiger partial charge in [-0.15, -0.1) is 0 Å². The predicted molar refractivity (Wildman–Crippen MR) is 81.6 cm³/mol. The Labute approximate surface area is 119 Å². The highest BCUT2D eigenvalue weighted by Gasteiger charge is 2.36. The van der Waals surface area contributed by atoms with E-state index in [1.165, 1.54) is 36.9 Å². The van der Waals surface area contributed by atoms with Crippen molar-refractivity contribution in [3.63, 3.8) is 0 Å². The largest absolute Gasteiger partial charge is 0.337 e. The molecule has 1 aliphatic rings. The average Bonchev–Trinajstić information content (AvgIpc) is 2.76. The molecule has 0 aliphatic heterocycles. The van der Waals surface area contributed by atoms with Crippen LogP contribution in [0.1, 0.15) is 32.6 Å².